The number of hydrogen-bond donors (Lipinski definition) is 2. The van der Waals surface area contributed by atoms with Crippen LogP contribution in [0.15, 0.2) is 53.5 Å². The van der Waals surface area contributed by atoms with Gasteiger partial charge in [-0.1, -0.05) is 11.6 Å². The molecule has 0 aliphatic carbocycles. The van der Waals surface area contributed by atoms with Gasteiger partial charge in [-0.2, -0.15) is 0 Å². The van der Waals surface area contributed by atoms with Gasteiger partial charge in [0.05, 0.1) is 11.2 Å². The fraction of sp³-hybridized carbons (Fsp3) is 0.190. The summed E-state index contributed by atoms with van der Waals surface area (Å²) in [5, 5.41) is 12.1. The maximum absolute atomic E-state index is 13.0. The number of benzene rings is 2. The van der Waals surface area contributed by atoms with Gasteiger partial charge in [0.25, 0.3) is 0 Å². The van der Waals surface area contributed by atoms with Crippen LogP contribution in [0.1, 0.15) is 22.3 Å². The molecule has 6 heteroatoms. The second-order valence-electron chi connectivity index (χ2n) is 7.16. The van der Waals surface area contributed by atoms with Crippen molar-refractivity contribution in [3.05, 3.63) is 59.7 Å². The van der Waals surface area contributed by atoms with Gasteiger partial charge in [-0.25, -0.2) is 9.98 Å². The van der Waals surface area contributed by atoms with Gasteiger partial charge in [-0.3, -0.25) is 4.79 Å². The number of aryl methyl sites for hydroxylation is 1. The van der Waals surface area contributed by atoms with Crippen molar-refractivity contribution in [1.29, 1.82) is 0 Å². The zero-order chi connectivity index (χ0) is 18.8. The van der Waals surface area contributed by atoms with E-state index in [-0.39, 0.29) is 5.78 Å². The number of nitrogens with zero attached hydrogens (tertiary/aromatic N) is 3. The highest BCUT2D eigenvalue weighted by atomic mass is 16.3. The predicted molar refractivity (Wildman–Crippen MR) is 106 cm³/mol. The minimum absolute atomic E-state index is 0.274. The molecule has 2 aliphatic rings. The van der Waals surface area contributed by atoms with Crippen molar-refractivity contribution in [2.45, 2.75) is 18.9 Å². The smallest absolute Gasteiger partial charge is 0.204 e. The van der Waals surface area contributed by atoms with Crippen molar-refractivity contribution in [3.8, 4) is 0 Å². The Labute approximate surface area is 156 Å². The number of nitrogens with two attached hydrogens (primary N) is 1. The Bertz CT molecular complexity index is 1150. The van der Waals surface area contributed by atoms with Crippen LogP contribution in [-0.4, -0.2) is 33.9 Å². The molecule has 2 aromatic carbocycles. The van der Waals surface area contributed by atoms with Crippen LogP contribution in [0.5, 0.6) is 0 Å². The summed E-state index contributed by atoms with van der Waals surface area (Å²) < 4.78 is 0. The predicted octanol–water partition coefficient (Wildman–Crippen LogP) is 2.99. The number of fused-ring (bicyclic) bond motifs is 3. The SMILES string of the molecule is Cc1ccc2c(c1)C(=O)[C@]1(O)CCN(c3ccc4nc(N)ccc4c3)C1=N2. The summed E-state index contributed by atoms with van der Waals surface area (Å²) in [5.74, 6) is 0.593. The first-order valence-electron chi connectivity index (χ1n) is 8.86. The van der Waals surface area contributed by atoms with Crippen LogP contribution in [0.2, 0.25) is 0 Å². The molecule has 3 aromatic rings. The number of anilines is 2. The minimum atomic E-state index is -1.57. The van der Waals surface area contributed by atoms with Gasteiger partial charge >= 0.3 is 0 Å². The zero-order valence-electron chi connectivity index (χ0n) is 14.8. The maximum Gasteiger partial charge on any atom is 0.204 e. The third kappa shape index (κ3) is 2.27. The Morgan fingerprint density at radius 3 is 2.85 bits per heavy atom. The first-order valence-corrected chi connectivity index (χ1v) is 8.86. The molecule has 5 rings (SSSR count). The van der Waals surface area contributed by atoms with E-state index in [0.29, 0.717) is 35.9 Å². The fourth-order valence-corrected chi connectivity index (χ4v) is 3.90. The molecule has 3 N–H and O–H groups in total. The summed E-state index contributed by atoms with van der Waals surface area (Å²) >= 11 is 0. The number of aromatic nitrogens is 1. The molecule has 2 aliphatic heterocycles. The summed E-state index contributed by atoms with van der Waals surface area (Å²) in [6, 6.07) is 15.0. The summed E-state index contributed by atoms with van der Waals surface area (Å²) in [5.41, 5.74) is 7.91. The van der Waals surface area contributed by atoms with Crippen LogP contribution in [0, 0.1) is 6.92 Å². The number of amidine groups is 1. The van der Waals surface area contributed by atoms with E-state index in [4.69, 9.17) is 5.73 Å². The van der Waals surface area contributed by atoms with Crippen LogP contribution in [0.4, 0.5) is 17.2 Å². The Balaban J connectivity index is 1.64. The lowest BCUT2D eigenvalue weighted by Gasteiger charge is -2.30. The Kier molecular flexibility index (Phi) is 3.18. The topological polar surface area (TPSA) is 91.8 Å². The molecule has 0 unspecified atom stereocenters. The van der Waals surface area contributed by atoms with Crippen LogP contribution >= 0.6 is 0 Å². The van der Waals surface area contributed by atoms with E-state index in [1.54, 1.807) is 12.1 Å². The third-order valence-electron chi connectivity index (χ3n) is 5.33. The average Bonchev–Trinajstić information content (AvgIpc) is 3.00. The second kappa shape index (κ2) is 5.37. The molecule has 1 aromatic heterocycles. The second-order valence-corrected chi connectivity index (χ2v) is 7.16. The van der Waals surface area contributed by atoms with Gasteiger partial charge in [0.1, 0.15) is 11.7 Å². The Hall–Kier alpha value is -3.25. The molecule has 134 valence electrons. The Morgan fingerprint density at radius 2 is 2.00 bits per heavy atom. The van der Waals surface area contributed by atoms with Crippen molar-refractivity contribution in [2.75, 3.05) is 17.2 Å². The van der Waals surface area contributed by atoms with Gasteiger partial charge in [0.2, 0.25) is 5.78 Å². The van der Waals surface area contributed by atoms with E-state index in [1.807, 2.05) is 48.2 Å². The molecule has 0 radical (unpaired) electrons. The summed E-state index contributed by atoms with van der Waals surface area (Å²) in [6.07, 6.45) is 0.316. The lowest BCUT2D eigenvalue weighted by Crippen LogP contribution is -2.48. The van der Waals surface area contributed by atoms with E-state index in [0.717, 1.165) is 22.2 Å². The van der Waals surface area contributed by atoms with Crippen LogP contribution in [0.25, 0.3) is 10.9 Å². The maximum atomic E-state index is 13.0. The molecular formula is C21H18N4O2. The molecule has 27 heavy (non-hydrogen) atoms. The lowest BCUT2D eigenvalue weighted by atomic mass is 9.87. The summed E-state index contributed by atoms with van der Waals surface area (Å²) in [6.45, 7) is 2.44. The van der Waals surface area contributed by atoms with E-state index < -0.39 is 5.60 Å². The fourth-order valence-electron chi connectivity index (χ4n) is 3.90. The number of ketones is 1. The molecular weight excluding hydrogens is 340 g/mol. The number of hydrogen-bond acceptors (Lipinski definition) is 6. The van der Waals surface area contributed by atoms with E-state index in [1.165, 1.54) is 0 Å². The number of carbonyl (C=O) groups is 1. The number of aliphatic imine (C=N–C) groups is 1. The highest BCUT2D eigenvalue weighted by Gasteiger charge is 2.52. The number of nitrogen functional groups attached to an aromatic ring is 1. The largest absolute Gasteiger partial charge is 0.384 e. The standard InChI is InChI=1S/C21H18N4O2/c1-12-2-5-17-15(10-12)19(26)21(27)8-9-25(20(21)24-17)14-4-6-16-13(11-14)3-7-18(22)23-16/h2-7,10-11,27H,8-9H2,1H3,(H2,22,23)/t21-/m1/s1. The van der Waals surface area contributed by atoms with Crippen LogP contribution in [0.3, 0.4) is 0 Å². The van der Waals surface area contributed by atoms with Crippen molar-refractivity contribution < 1.29 is 9.90 Å². The number of rotatable bonds is 1. The highest BCUT2D eigenvalue weighted by Crippen LogP contribution is 2.40. The molecule has 0 spiro atoms. The van der Waals surface area contributed by atoms with Gasteiger partial charge in [-0.05, 0) is 49.4 Å². The van der Waals surface area contributed by atoms with Crippen molar-refractivity contribution in [1.82, 2.24) is 4.98 Å². The van der Waals surface area contributed by atoms with Crippen molar-refractivity contribution in [2.24, 2.45) is 4.99 Å². The first-order chi connectivity index (χ1) is 13.0. The molecule has 1 fully saturated rings. The van der Waals surface area contributed by atoms with Crippen LogP contribution < -0.4 is 10.6 Å². The quantitative estimate of drug-likeness (QED) is 0.698. The van der Waals surface area contributed by atoms with Gasteiger partial charge < -0.3 is 15.7 Å². The van der Waals surface area contributed by atoms with Crippen molar-refractivity contribution >= 4 is 39.7 Å². The zero-order valence-corrected chi connectivity index (χ0v) is 14.8. The van der Waals surface area contributed by atoms with Gasteiger partial charge in [0, 0.05) is 29.6 Å². The summed E-state index contributed by atoms with van der Waals surface area (Å²) in [7, 11) is 0. The number of carbonyl (C=O) groups excluding carboxylic acids is 1. The first kappa shape index (κ1) is 16.0. The minimum Gasteiger partial charge on any atom is -0.384 e. The molecule has 1 atom stereocenters. The summed E-state index contributed by atoms with van der Waals surface area (Å²) in [4.78, 5) is 23.9. The number of pyridine rings is 1. The average molecular weight is 358 g/mol. The van der Waals surface area contributed by atoms with Crippen LogP contribution in [-0.2, 0) is 0 Å². The number of aliphatic hydroxyl groups is 1. The molecule has 0 bridgehead atoms. The molecule has 1 saturated heterocycles. The monoisotopic (exact) mass is 358 g/mol. The molecule has 0 amide bonds. The van der Waals surface area contributed by atoms with E-state index in [2.05, 4.69) is 9.98 Å². The lowest BCUT2D eigenvalue weighted by molar-refractivity contribution is 0.0602. The van der Waals surface area contributed by atoms with E-state index in [9.17, 15) is 9.90 Å². The van der Waals surface area contributed by atoms with E-state index >= 15 is 0 Å². The van der Waals surface area contributed by atoms with Gasteiger partial charge in [-0.15, -0.1) is 0 Å². The van der Waals surface area contributed by atoms with Crippen molar-refractivity contribution in [3.63, 3.8) is 0 Å². The molecule has 3 heterocycles. The third-order valence-corrected chi connectivity index (χ3v) is 5.33. The number of Topliss-reactive ketones (excluding diaryl/α,β-unsaturated/α-hetero) is 1. The Morgan fingerprint density at radius 1 is 1.15 bits per heavy atom. The normalized spacial score (nSPS) is 21.2. The molecule has 6 nitrogen and oxygen atoms in total. The molecule has 0 saturated carbocycles. The van der Waals surface area contributed by atoms with Gasteiger partial charge in [0.15, 0.2) is 5.60 Å². The highest BCUT2D eigenvalue weighted by molar-refractivity contribution is 6.28.